The molecule has 3 aromatic heterocycles. The SMILES string of the molecule is CCOC(=O)c1sc2nc(C)cc(C)c2c1NC(=O)CSc1nnnn1Cc1ccccc1. The molecule has 0 saturated heterocycles. The van der Waals surface area contributed by atoms with E-state index in [0.29, 0.717) is 27.1 Å². The Balaban J connectivity index is 1.52. The van der Waals surface area contributed by atoms with Crippen LogP contribution in [0.5, 0.6) is 0 Å². The van der Waals surface area contributed by atoms with Gasteiger partial charge in [0.25, 0.3) is 0 Å². The number of carbonyl (C=O) groups excluding carboxylic acids is 2. The highest BCUT2D eigenvalue weighted by atomic mass is 32.2. The maximum absolute atomic E-state index is 12.9. The van der Waals surface area contributed by atoms with E-state index in [1.807, 2.05) is 50.2 Å². The molecule has 0 saturated carbocycles. The molecule has 0 aliphatic heterocycles. The molecule has 0 aliphatic carbocycles. The quantitative estimate of drug-likeness (QED) is 0.298. The van der Waals surface area contributed by atoms with E-state index in [1.54, 1.807) is 11.6 Å². The monoisotopic (exact) mass is 482 g/mol. The van der Waals surface area contributed by atoms with Gasteiger partial charge >= 0.3 is 5.97 Å². The summed E-state index contributed by atoms with van der Waals surface area (Å²) >= 11 is 2.44. The number of anilines is 1. The van der Waals surface area contributed by atoms with E-state index < -0.39 is 5.97 Å². The molecule has 4 rings (SSSR count). The summed E-state index contributed by atoms with van der Waals surface area (Å²) in [6.07, 6.45) is 0. The van der Waals surface area contributed by atoms with Crippen molar-refractivity contribution in [1.29, 1.82) is 0 Å². The molecule has 0 bridgehead atoms. The topological polar surface area (TPSA) is 112 Å². The van der Waals surface area contributed by atoms with Crippen LogP contribution in [0.1, 0.15) is 33.4 Å². The Morgan fingerprint density at radius 3 is 2.76 bits per heavy atom. The van der Waals surface area contributed by atoms with Crippen molar-refractivity contribution in [2.75, 3.05) is 17.7 Å². The number of nitrogens with zero attached hydrogens (tertiary/aromatic N) is 5. The van der Waals surface area contributed by atoms with Gasteiger partial charge < -0.3 is 10.1 Å². The molecule has 1 aromatic carbocycles. The second kappa shape index (κ2) is 10.1. The van der Waals surface area contributed by atoms with Gasteiger partial charge in [-0.2, -0.15) is 0 Å². The number of aromatic nitrogens is 5. The van der Waals surface area contributed by atoms with Crippen LogP contribution >= 0.6 is 23.1 Å². The first-order valence-corrected chi connectivity index (χ1v) is 12.1. The number of pyridine rings is 1. The lowest BCUT2D eigenvalue weighted by Crippen LogP contribution is -2.17. The van der Waals surface area contributed by atoms with E-state index in [2.05, 4.69) is 25.8 Å². The molecular weight excluding hydrogens is 460 g/mol. The first-order chi connectivity index (χ1) is 16.0. The molecule has 0 atom stereocenters. The van der Waals surface area contributed by atoms with Crippen LogP contribution < -0.4 is 5.32 Å². The molecule has 0 aliphatic rings. The van der Waals surface area contributed by atoms with Gasteiger partial charge in [0.15, 0.2) is 0 Å². The van der Waals surface area contributed by atoms with Gasteiger partial charge in [-0.3, -0.25) is 4.79 Å². The number of amides is 1. The van der Waals surface area contributed by atoms with Gasteiger partial charge in [0.2, 0.25) is 11.1 Å². The number of thioether (sulfide) groups is 1. The van der Waals surface area contributed by atoms with Crippen LogP contribution in [0.25, 0.3) is 10.2 Å². The molecule has 0 unspecified atom stereocenters. The van der Waals surface area contributed by atoms with Gasteiger partial charge in [-0.05, 0) is 48.4 Å². The fraction of sp³-hybridized carbons (Fsp3) is 0.273. The lowest BCUT2D eigenvalue weighted by molar-refractivity contribution is -0.113. The predicted molar refractivity (Wildman–Crippen MR) is 128 cm³/mol. The number of hydrogen-bond acceptors (Lipinski definition) is 9. The first-order valence-electron chi connectivity index (χ1n) is 10.3. The number of nitrogens with one attached hydrogen (secondary N) is 1. The molecular formula is C22H22N6O3S2. The van der Waals surface area contributed by atoms with Crippen molar-refractivity contribution >= 4 is 50.9 Å². The fourth-order valence-electron chi connectivity index (χ4n) is 3.36. The van der Waals surface area contributed by atoms with Crippen molar-refractivity contribution in [3.8, 4) is 0 Å². The summed E-state index contributed by atoms with van der Waals surface area (Å²) < 4.78 is 6.85. The number of thiophene rings is 1. The van der Waals surface area contributed by atoms with Crippen LogP contribution in [0, 0.1) is 13.8 Å². The van der Waals surface area contributed by atoms with Crippen LogP contribution in [0.15, 0.2) is 41.6 Å². The molecule has 3 heterocycles. The van der Waals surface area contributed by atoms with Crippen LogP contribution in [-0.2, 0) is 16.1 Å². The van der Waals surface area contributed by atoms with E-state index in [-0.39, 0.29) is 18.3 Å². The van der Waals surface area contributed by atoms with Crippen molar-refractivity contribution in [3.05, 3.63) is 58.1 Å². The molecule has 1 amide bonds. The van der Waals surface area contributed by atoms with E-state index in [0.717, 1.165) is 22.2 Å². The lowest BCUT2D eigenvalue weighted by Gasteiger charge is -2.09. The fourth-order valence-corrected chi connectivity index (χ4v) is 5.18. The minimum Gasteiger partial charge on any atom is -0.462 e. The van der Waals surface area contributed by atoms with Gasteiger partial charge in [-0.1, -0.05) is 42.1 Å². The molecule has 9 nitrogen and oxygen atoms in total. The lowest BCUT2D eigenvalue weighted by atomic mass is 10.1. The highest BCUT2D eigenvalue weighted by Gasteiger charge is 2.24. The van der Waals surface area contributed by atoms with Crippen LogP contribution in [0.4, 0.5) is 5.69 Å². The van der Waals surface area contributed by atoms with Gasteiger partial charge in [0.05, 0.1) is 24.6 Å². The predicted octanol–water partition coefficient (Wildman–Crippen LogP) is 3.86. The highest BCUT2D eigenvalue weighted by Crippen LogP contribution is 2.38. The summed E-state index contributed by atoms with van der Waals surface area (Å²) in [7, 11) is 0. The Morgan fingerprint density at radius 2 is 2.00 bits per heavy atom. The zero-order valence-electron chi connectivity index (χ0n) is 18.4. The third-order valence-electron chi connectivity index (χ3n) is 4.72. The maximum atomic E-state index is 12.9. The Morgan fingerprint density at radius 1 is 1.21 bits per heavy atom. The van der Waals surface area contributed by atoms with Crippen molar-refractivity contribution in [2.45, 2.75) is 32.5 Å². The second-order valence-electron chi connectivity index (χ2n) is 7.23. The molecule has 0 spiro atoms. The molecule has 0 radical (unpaired) electrons. The van der Waals surface area contributed by atoms with Crippen LogP contribution in [0.3, 0.4) is 0 Å². The van der Waals surface area contributed by atoms with Crippen molar-refractivity contribution in [2.24, 2.45) is 0 Å². The van der Waals surface area contributed by atoms with Gasteiger partial charge in [0.1, 0.15) is 9.71 Å². The summed E-state index contributed by atoms with van der Waals surface area (Å²) in [4.78, 5) is 31.0. The number of hydrogen-bond donors (Lipinski definition) is 1. The van der Waals surface area contributed by atoms with Crippen molar-refractivity contribution < 1.29 is 14.3 Å². The van der Waals surface area contributed by atoms with E-state index in [4.69, 9.17) is 4.74 Å². The van der Waals surface area contributed by atoms with E-state index in [9.17, 15) is 9.59 Å². The smallest absolute Gasteiger partial charge is 0.350 e. The second-order valence-corrected chi connectivity index (χ2v) is 9.17. The van der Waals surface area contributed by atoms with Gasteiger partial charge in [-0.25, -0.2) is 14.5 Å². The Bertz CT molecular complexity index is 1300. The minimum absolute atomic E-state index is 0.0765. The molecule has 0 fully saturated rings. The largest absolute Gasteiger partial charge is 0.462 e. The summed E-state index contributed by atoms with van der Waals surface area (Å²) in [5.74, 6) is -0.681. The highest BCUT2D eigenvalue weighted by molar-refractivity contribution is 7.99. The number of fused-ring (bicyclic) bond motifs is 1. The number of rotatable bonds is 8. The zero-order valence-corrected chi connectivity index (χ0v) is 20.0. The zero-order chi connectivity index (χ0) is 23.4. The third kappa shape index (κ3) is 5.20. The number of benzene rings is 1. The average molecular weight is 483 g/mol. The Hall–Kier alpha value is -3.31. The van der Waals surface area contributed by atoms with Crippen LogP contribution in [-0.4, -0.2) is 49.4 Å². The van der Waals surface area contributed by atoms with E-state index in [1.165, 1.54) is 23.1 Å². The number of esters is 1. The number of carbonyl (C=O) groups is 2. The number of aryl methyl sites for hydroxylation is 2. The Kier molecular flexibility index (Phi) is 6.99. The minimum atomic E-state index is -0.479. The maximum Gasteiger partial charge on any atom is 0.350 e. The van der Waals surface area contributed by atoms with Gasteiger partial charge in [-0.15, -0.1) is 16.4 Å². The molecule has 1 N–H and O–H groups in total. The normalized spacial score (nSPS) is 11.0. The standard InChI is InChI=1S/C22H22N6O3S2/c1-4-31-21(30)19-18(17-13(2)10-14(3)23-20(17)33-19)24-16(29)12-32-22-25-26-27-28(22)11-15-8-6-5-7-9-15/h5-10H,4,11-12H2,1-3H3,(H,24,29). The number of tetrazole rings is 1. The molecule has 170 valence electrons. The Labute approximate surface area is 198 Å². The molecule has 11 heteroatoms. The summed E-state index contributed by atoms with van der Waals surface area (Å²) in [5.41, 5.74) is 3.26. The summed E-state index contributed by atoms with van der Waals surface area (Å²) in [6, 6.07) is 11.7. The summed E-state index contributed by atoms with van der Waals surface area (Å²) in [5, 5.41) is 16.0. The average Bonchev–Trinajstić information content (AvgIpc) is 3.37. The van der Waals surface area contributed by atoms with Crippen molar-refractivity contribution in [3.63, 3.8) is 0 Å². The van der Waals surface area contributed by atoms with Gasteiger partial charge in [0, 0.05) is 11.1 Å². The molecule has 33 heavy (non-hydrogen) atoms. The van der Waals surface area contributed by atoms with Crippen LogP contribution in [0.2, 0.25) is 0 Å². The first kappa shape index (κ1) is 22.9. The van der Waals surface area contributed by atoms with Crippen molar-refractivity contribution in [1.82, 2.24) is 25.2 Å². The number of ether oxygens (including phenoxy) is 1. The third-order valence-corrected chi connectivity index (χ3v) is 6.74. The van der Waals surface area contributed by atoms with E-state index >= 15 is 0 Å². The molecule has 4 aromatic rings. The summed E-state index contributed by atoms with van der Waals surface area (Å²) in [6.45, 7) is 6.31.